The van der Waals surface area contributed by atoms with Crippen molar-refractivity contribution in [3.8, 4) is 0 Å². The van der Waals surface area contributed by atoms with E-state index in [1.807, 2.05) is 44.2 Å². The smallest absolute Gasteiger partial charge is 0.346 e. The van der Waals surface area contributed by atoms with Gasteiger partial charge < -0.3 is 14.2 Å². The first-order valence-corrected chi connectivity index (χ1v) is 11.5. The van der Waals surface area contributed by atoms with Gasteiger partial charge in [-0.2, -0.15) is 0 Å². The fourth-order valence-corrected chi connectivity index (χ4v) is 5.68. The molecule has 3 fully saturated rings. The standard InChI is InChI=1S/C25H35NO5/c1-15(2)19-13-12-16(3)14-20(19)29-23(28)25(18-10-8-7-9-11-18)21-22(31-25)26(17(4)27)24(5,6)30-21/h7-11,15-16,19-22H,12-14H2,1-6H3/t16-,19+,20-,21-,22-,25-/m1/s1. The molecule has 2 saturated heterocycles. The minimum Gasteiger partial charge on any atom is -0.460 e. The van der Waals surface area contributed by atoms with E-state index >= 15 is 0 Å². The Morgan fingerprint density at radius 1 is 1.13 bits per heavy atom. The van der Waals surface area contributed by atoms with E-state index in [2.05, 4.69) is 20.8 Å². The summed E-state index contributed by atoms with van der Waals surface area (Å²) in [6.07, 6.45) is 1.72. The number of rotatable bonds is 4. The van der Waals surface area contributed by atoms with Crippen LogP contribution in [0.3, 0.4) is 0 Å². The van der Waals surface area contributed by atoms with Crippen LogP contribution in [0.2, 0.25) is 0 Å². The molecule has 2 aliphatic heterocycles. The van der Waals surface area contributed by atoms with E-state index in [4.69, 9.17) is 14.2 Å². The van der Waals surface area contributed by atoms with Crippen LogP contribution >= 0.6 is 0 Å². The Bertz CT molecular complexity index is 838. The number of hydrogen-bond donors (Lipinski definition) is 0. The molecule has 6 nitrogen and oxygen atoms in total. The number of ether oxygens (including phenoxy) is 3. The molecule has 31 heavy (non-hydrogen) atoms. The van der Waals surface area contributed by atoms with Crippen molar-refractivity contribution in [1.29, 1.82) is 0 Å². The summed E-state index contributed by atoms with van der Waals surface area (Å²) >= 11 is 0. The number of nitrogens with zero attached hydrogens (tertiary/aromatic N) is 1. The first-order valence-electron chi connectivity index (χ1n) is 11.5. The second-order valence-electron chi connectivity index (χ2n) is 10.3. The van der Waals surface area contributed by atoms with Gasteiger partial charge in [0.2, 0.25) is 11.5 Å². The van der Waals surface area contributed by atoms with Crippen molar-refractivity contribution in [2.24, 2.45) is 17.8 Å². The third kappa shape index (κ3) is 3.58. The predicted octanol–water partition coefficient (Wildman–Crippen LogP) is 4.23. The lowest BCUT2D eigenvalue weighted by Crippen LogP contribution is -2.68. The van der Waals surface area contributed by atoms with Crippen LogP contribution in [-0.2, 0) is 29.4 Å². The summed E-state index contributed by atoms with van der Waals surface area (Å²) in [5, 5.41) is 0. The van der Waals surface area contributed by atoms with Gasteiger partial charge in [-0.1, -0.05) is 57.5 Å². The zero-order chi connectivity index (χ0) is 22.6. The van der Waals surface area contributed by atoms with Gasteiger partial charge in [0, 0.05) is 6.92 Å². The van der Waals surface area contributed by atoms with Crippen LogP contribution < -0.4 is 0 Å². The fourth-order valence-electron chi connectivity index (χ4n) is 5.68. The number of carbonyl (C=O) groups is 2. The average molecular weight is 430 g/mol. The summed E-state index contributed by atoms with van der Waals surface area (Å²) in [4.78, 5) is 27.7. The lowest BCUT2D eigenvalue weighted by molar-refractivity contribution is -0.297. The molecule has 1 aromatic rings. The Morgan fingerprint density at radius 3 is 2.42 bits per heavy atom. The van der Waals surface area contributed by atoms with Gasteiger partial charge in [0.05, 0.1) is 0 Å². The molecule has 0 radical (unpaired) electrons. The van der Waals surface area contributed by atoms with Gasteiger partial charge in [-0.25, -0.2) is 4.79 Å². The van der Waals surface area contributed by atoms with E-state index in [-0.39, 0.29) is 12.0 Å². The monoisotopic (exact) mass is 429 g/mol. The number of benzene rings is 1. The topological polar surface area (TPSA) is 65.1 Å². The van der Waals surface area contributed by atoms with Gasteiger partial charge in [-0.15, -0.1) is 0 Å². The van der Waals surface area contributed by atoms with Crippen molar-refractivity contribution in [1.82, 2.24) is 4.90 Å². The van der Waals surface area contributed by atoms with E-state index in [9.17, 15) is 9.59 Å². The molecule has 6 heteroatoms. The molecule has 1 amide bonds. The SMILES string of the molecule is CC(=O)N1[C@@H]2O[C@](C(=O)O[C@@H]3C[C@H](C)CC[C@H]3C(C)C)(c3ccccc3)[C@@H]2OC1(C)C. The second-order valence-corrected chi connectivity index (χ2v) is 10.3. The molecule has 1 aliphatic carbocycles. The molecule has 0 bridgehead atoms. The molecule has 3 aliphatic rings. The van der Waals surface area contributed by atoms with E-state index in [1.165, 1.54) is 6.92 Å². The van der Waals surface area contributed by atoms with Gasteiger partial charge >= 0.3 is 5.97 Å². The van der Waals surface area contributed by atoms with E-state index in [1.54, 1.807) is 4.90 Å². The van der Waals surface area contributed by atoms with Crippen LogP contribution in [0.4, 0.5) is 0 Å². The van der Waals surface area contributed by atoms with Crippen LogP contribution in [0, 0.1) is 17.8 Å². The maximum Gasteiger partial charge on any atom is 0.346 e. The maximum absolute atomic E-state index is 13.8. The van der Waals surface area contributed by atoms with Crippen molar-refractivity contribution in [2.45, 2.75) is 90.6 Å². The number of hydrogen-bond acceptors (Lipinski definition) is 5. The molecular formula is C25H35NO5. The number of esters is 1. The van der Waals surface area contributed by atoms with Crippen molar-refractivity contribution in [3.05, 3.63) is 35.9 Å². The highest BCUT2D eigenvalue weighted by atomic mass is 16.7. The summed E-state index contributed by atoms with van der Waals surface area (Å²) in [7, 11) is 0. The molecule has 170 valence electrons. The van der Waals surface area contributed by atoms with Gasteiger partial charge in [0.15, 0.2) is 6.23 Å². The number of fused-ring (bicyclic) bond motifs is 1. The van der Waals surface area contributed by atoms with Crippen LogP contribution in [-0.4, -0.2) is 40.9 Å². The summed E-state index contributed by atoms with van der Waals surface area (Å²) in [6, 6.07) is 9.39. The van der Waals surface area contributed by atoms with Gasteiger partial charge in [-0.3, -0.25) is 9.69 Å². The zero-order valence-electron chi connectivity index (χ0n) is 19.5. The zero-order valence-corrected chi connectivity index (χ0v) is 19.5. The quantitative estimate of drug-likeness (QED) is 0.671. The van der Waals surface area contributed by atoms with Crippen molar-refractivity contribution >= 4 is 11.9 Å². The Labute approximate surface area is 185 Å². The highest BCUT2D eigenvalue weighted by Gasteiger charge is 2.72. The second kappa shape index (κ2) is 7.89. The Kier molecular flexibility index (Phi) is 5.67. The third-order valence-corrected chi connectivity index (χ3v) is 7.28. The fraction of sp³-hybridized carbons (Fsp3) is 0.680. The summed E-state index contributed by atoms with van der Waals surface area (Å²) in [5.74, 6) is 0.728. The minimum absolute atomic E-state index is 0.141. The molecule has 0 spiro atoms. The minimum atomic E-state index is -1.37. The Balaban J connectivity index is 1.66. The van der Waals surface area contributed by atoms with Crippen molar-refractivity contribution in [2.75, 3.05) is 0 Å². The molecule has 1 aromatic carbocycles. The molecule has 1 saturated carbocycles. The first-order chi connectivity index (χ1) is 14.6. The normalized spacial score (nSPS) is 36.6. The highest BCUT2D eigenvalue weighted by molar-refractivity contribution is 5.85. The van der Waals surface area contributed by atoms with E-state index in [0.717, 1.165) is 19.3 Å². The van der Waals surface area contributed by atoms with E-state index < -0.39 is 29.6 Å². The van der Waals surface area contributed by atoms with Crippen molar-refractivity contribution < 1.29 is 23.8 Å². The first kappa shape index (κ1) is 22.3. The molecule has 0 N–H and O–H groups in total. The Hall–Kier alpha value is -1.92. The van der Waals surface area contributed by atoms with Gasteiger partial charge in [0.25, 0.3) is 0 Å². The van der Waals surface area contributed by atoms with Gasteiger partial charge in [-0.05, 0) is 50.0 Å². The maximum atomic E-state index is 13.8. The van der Waals surface area contributed by atoms with Gasteiger partial charge in [0.1, 0.15) is 17.9 Å². The molecule has 2 heterocycles. The molecule has 6 atom stereocenters. The van der Waals surface area contributed by atoms with Crippen LogP contribution in [0.15, 0.2) is 30.3 Å². The predicted molar refractivity (Wildman–Crippen MR) is 116 cm³/mol. The van der Waals surface area contributed by atoms with Crippen LogP contribution in [0.1, 0.15) is 66.4 Å². The number of carbonyl (C=O) groups excluding carboxylic acids is 2. The third-order valence-electron chi connectivity index (χ3n) is 7.28. The lowest BCUT2D eigenvalue weighted by atomic mass is 9.75. The van der Waals surface area contributed by atoms with Crippen molar-refractivity contribution in [3.63, 3.8) is 0 Å². The lowest BCUT2D eigenvalue weighted by Gasteiger charge is -2.50. The summed E-state index contributed by atoms with van der Waals surface area (Å²) in [6.45, 7) is 11.8. The highest BCUT2D eigenvalue weighted by Crippen LogP contribution is 2.54. The summed E-state index contributed by atoms with van der Waals surface area (Å²) < 4.78 is 18.8. The summed E-state index contributed by atoms with van der Waals surface area (Å²) in [5.41, 5.74) is -1.53. The Morgan fingerprint density at radius 2 is 1.81 bits per heavy atom. The van der Waals surface area contributed by atoms with Crippen LogP contribution in [0.25, 0.3) is 0 Å². The number of amides is 1. The largest absolute Gasteiger partial charge is 0.460 e. The van der Waals surface area contributed by atoms with Crippen LogP contribution in [0.5, 0.6) is 0 Å². The molecular weight excluding hydrogens is 394 g/mol. The molecule has 0 unspecified atom stereocenters. The van der Waals surface area contributed by atoms with E-state index in [0.29, 0.717) is 23.3 Å². The molecule has 4 rings (SSSR count). The molecule has 0 aromatic heterocycles. The average Bonchev–Trinajstić information content (AvgIpc) is 2.90.